The van der Waals surface area contributed by atoms with Crippen molar-refractivity contribution in [3.8, 4) is 0 Å². The third-order valence-electron chi connectivity index (χ3n) is 1.98. The fraction of sp³-hybridized carbons (Fsp3) is 0.462. The van der Waals surface area contributed by atoms with Crippen LogP contribution in [0, 0.1) is 6.92 Å². The molecule has 0 amide bonds. The molecule has 0 bridgehead atoms. The normalized spacial score (nSPS) is 10.5. The Hall–Kier alpha value is 0.259. The maximum atomic E-state index is 3.88. The van der Waals surface area contributed by atoms with Crippen molar-refractivity contribution >= 4 is 29.9 Å². The van der Waals surface area contributed by atoms with E-state index in [1.54, 1.807) is 0 Å². The maximum absolute atomic E-state index is 3.88. The molecule has 0 spiro atoms. The molecule has 1 aromatic carbocycles. The molecule has 1 rings (SSSR count). The second-order valence-electron chi connectivity index (χ2n) is 3.36. The molecule has 0 atom stereocenters. The number of hydrogen-bond donors (Lipinski definition) is 0. The first kappa shape index (κ1) is 13.3. The number of benzene rings is 1. The average molecular weight is 333 g/mol. The van der Waals surface area contributed by atoms with Crippen LogP contribution >= 0.6 is 0 Å². The Kier molecular flexibility index (Phi) is 8.42. The van der Waals surface area contributed by atoms with Crippen molar-refractivity contribution in [3.05, 3.63) is 42.8 Å². The van der Waals surface area contributed by atoms with Gasteiger partial charge in [0.05, 0.1) is 0 Å². The van der Waals surface area contributed by atoms with Gasteiger partial charge in [-0.15, -0.1) is 0 Å². The quantitative estimate of drug-likeness (QED) is 0.505. The van der Waals surface area contributed by atoms with E-state index in [0.29, 0.717) is 0 Å². The zero-order valence-corrected chi connectivity index (χ0v) is 12.6. The molecule has 0 aliphatic carbocycles. The molecule has 15 heavy (non-hydrogen) atoms. The number of hydrogen-bond acceptors (Lipinski definition) is 0. The molecule has 1 aromatic rings. The zero-order chi connectivity index (χ0) is 10.8. The summed E-state index contributed by atoms with van der Waals surface area (Å²) >= 11 is 1.70. The van der Waals surface area contributed by atoms with Gasteiger partial charge < -0.3 is 0 Å². The van der Waals surface area contributed by atoms with E-state index in [0.717, 1.165) is 36.3 Å². The Morgan fingerprint density at radius 2 is 1.67 bits per heavy atom. The third-order valence-corrected chi connectivity index (χ3v) is 6.74. The first-order valence-electron chi connectivity index (χ1n) is 5.42. The van der Waals surface area contributed by atoms with Crippen molar-refractivity contribution in [2.45, 2.75) is 34.1 Å². The number of rotatable bonds is 8. The fourth-order valence-corrected chi connectivity index (χ4v) is 5.68. The summed E-state index contributed by atoms with van der Waals surface area (Å²) in [6.07, 6.45) is 2.59. The van der Waals surface area contributed by atoms with E-state index in [9.17, 15) is 0 Å². The molecular formula is C13H19Se2. The Morgan fingerprint density at radius 1 is 0.933 bits per heavy atom. The van der Waals surface area contributed by atoms with Gasteiger partial charge >= 0.3 is 107 Å². The summed E-state index contributed by atoms with van der Waals surface area (Å²) in [4.78, 5) is 0. The molecule has 0 aliphatic rings. The van der Waals surface area contributed by atoms with Crippen molar-refractivity contribution in [1.82, 2.24) is 0 Å². The van der Waals surface area contributed by atoms with Crippen LogP contribution in [0.25, 0.3) is 0 Å². The van der Waals surface area contributed by atoms with Crippen LogP contribution in [-0.4, -0.2) is 29.9 Å². The Labute approximate surface area is 107 Å². The molecule has 0 N–H and O–H groups in total. The van der Waals surface area contributed by atoms with Crippen LogP contribution in [0.2, 0.25) is 16.0 Å². The van der Waals surface area contributed by atoms with Gasteiger partial charge in [0.15, 0.2) is 0 Å². The van der Waals surface area contributed by atoms with Crippen molar-refractivity contribution in [3.63, 3.8) is 0 Å². The van der Waals surface area contributed by atoms with Gasteiger partial charge in [0.25, 0.3) is 0 Å². The van der Waals surface area contributed by atoms with Crippen LogP contribution in [0.5, 0.6) is 0 Å². The molecule has 0 saturated heterocycles. The van der Waals surface area contributed by atoms with Crippen molar-refractivity contribution in [1.29, 1.82) is 0 Å². The van der Waals surface area contributed by atoms with Crippen molar-refractivity contribution in [2.75, 3.05) is 0 Å². The standard InChI is InChI=1S/C13H19Se2/c1-2-9-14-10-6-11-15-12-13-7-4-3-5-8-13/h3-5,7-8H,1-2,6,9-12H2. The second-order valence-corrected chi connectivity index (χ2v) is 8.25. The van der Waals surface area contributed by atoms with Crippen LogP contribution in [0.1, 0.15) is 18.4 Å². The van der Waals surface area contributed by atoms with Crippen LogP contribution in [0.4, 0.5) is 0 Å². The van der Waals surface area contributed by atoms with Crippen molar-refractivity contribution < 1.29 is 0 Å². The summed E-state index contributed by atoms with van der Waals surface area (Å²) in [5.74, 6) is 0. The predicted molar refractivity (Wildman–Crippen MR) is 70.7 cm³/mol. The Morgan fingerprint density at radius 3 is 2.40 bits per heavy atom. The molecule has 1 radical (unpaired) electrons. The summed E-state index contributed by atoms with van der Waals surface area (Å²) in [5, 5.41) is 5.62. The molecule has 0 aliphatic heterocycles. The first-order valence-corrected chi connectivity index (χ1v) is 10.3. The van der Waals surface area contributed by atoms with Crippen LogP contribution in [0.15, 0.2) is 30.3 Å². The van der Waals surface area contributed by atoms with Gasteiger partial charge in [-0.25, -0.2) is 0 Å². The second kappa shape index (κ2) is 9.48. The van der Waals surface area contributed by atoms with E-state index in [4.69, 9.17) is 0 Å². The molecule has 2 heteroatoms. The molecular weight excluding hydrogens is 314 g/mol. The van der Waals surface area contributed by atoms with E-state index in [1.807, 2.05) is 0 Å². The molecule has 0 heterocycles. The van der Waals surface area contributed by atoms with E-state index < -0.39 is 0 Å². The summed E-state index contributed by atoms with van der Waals surface area (Å²) < 4.78 is 0. The van der Waals surface area contributed by atoms with E-state index in [2.05, 4.69) is 37.3 Å². The summed E-state index contributed by atoms with van der Waals surface area (Å²) in [7, 11) is 0. The molecule has 83 valence electrons. The van der Waals surface area contributed by atoms with Gasteiger partial charge in [0.1, 0.15) is 0 Å². The van der Waals surface area contributed by atoms with E-state index in [-0.39, 0.29) is 0 Å². The van der Waals surface area contributed by atoms with Crippen LogP contribution < -0.4 is 0 Å². The van der Waals surface area contributed by atoms with Crippen LogP contribution in [-0.2, 0) is 5.32 Å². The van der Waals surface area contributed by atoms with Gasteiger partial charge in [-0.2, -0.15) is 0 Å². The van der Waals surface area contributed by atoms with Gasteiger partial charge in [0.2, 0.25) is 0 Å². The Bertz CT molecular complexity index is 234. The molecule has 0 unspecified atom stereocenters. The van der Waals surface area contributed by atoms with Gasteiger partial charge in [-0.05, 0) is 0 Å². The molecule has 0 nitrogen and oxygen atoms in total. The molecule has 0 aromatic heterocycles. The molecule has 0 fully saturated rings. The van der Waals surface area contributed by atoms with Gasteiger partial charge in [-0.1, -0.05) is 0 Å². The van der Waals surface area contributed by atoms with Crippen LogP contribution in [0.3, 0.4) is 0 Å². The van der Waals surface area contributed by atoms with E-state index >= 15 is 0 Å². The summed E-state index contributed by atoms with van der Waals surface area (Å²) in [5.41, 5.74) is 1.51. The third kappa shape index (κ3) is 7.19. The summed E-state index contributed by atoms with van der Waals surface area (Å²) in [6, 6.07) is 10.9. The van der Waals surface area contributed by atoms with Crippen molar-refractivity contribution in [2.24, 2.45) is 0 Å². The topological polar surface area (TPSA) is 0 Å². The molecule has 0 saturated carbocycles. The fourth-order valence-electron chi connectivity index (χ4n) is 1.23. The SMILES string of the molecule is [CH2]CC[Se]CCC[Se]Cc1ccccc1. The monoisotopic (exact) mass is 335 g/mol. The zero-order valence-electron chi connectivity index (χ0n) is 9.15. The predicted octanol–water partition coefficient (Wildman–Crippen LogP) is 3.46. The van der Waals surface area contributed by atoms with Gasteiger partial charge in [0, 0.05) is 0 Å². The minimum absolute atomic E-state index is 0.821. The minimum atomic E-state index is 0.821. The first-order chi connectivity index (χ1) is 7.43. The average Bonchev–Trinajstić information content (AvgIpc) is 2.29. The summed E-state index contributed by atoms with van der Waals surface area (Å²) in [6.45, 7) is 3.88. The van der Waals surface area contributed by atoms with E-state index in [1.165, 1.54) is 33.3 Å². The van der Waals surface area contributed by atoms with Gasteiger partial charge in [-0.3, -0.25) is 0 Å². The Balaban J connectivity index is 1.93.